The molecule has 0 unspecified atom stereocenters. The number of hydrogen-bond donors (Lipinski definition) is 1. The molecule has 1 aromatic carbocycles. The second kappa shape index (κ2) is 7.25. The average molecular weight is 411 g/mol. The number of hydrogen-bond acceptors (Lipinski definition) is 6. The Kier molecular flexibility index (Phi) is 4.75. The number of methoxy groups -OCH3 is 1. The number of aryl methyl sites for hydroxylation is 3. The van der Waals surface area contributed by atoms with Crippen LogP contribution in [0.15, 0.2) is 29.6 Å². The van der Waals surface area contributed by atoms with Crippen molar-refractivity contribution in [1.29, 1.82) is 0 Å². The molecule has 0 aliphatic rings. The summed E-state index contributed by atoms with van der Waals surface area (Å²) in [6, 6.07) is 6.36. The first-order chi connectivity index (χ1) is 13.9. The van der Waals surface area contributed by atoms with Crippen molar-refractivity contribution in [3.05, 3.63) is 52.4 Å². The Morgan fingerprint density at radius 2 is 2.03 bits per heavy atom. The highest BCUT2D eigenvalue weighted by Gasteiger charge is 2.19. The summed E-state index contributed by atoms with van der Waals surface area (Å²) in [7, 11) is 3.21. The molecule has 29 heavy (non-hydrogen) atoms. The number of benzene rings is 1. The number of nitrogens with one attached hydrogen (secondary N) is 1. The zero-order valence-electron chi connectivity index (χ0n) is 16.3. The van der Waals surface area contributed by atoms with Crippen molar-refractivity contribution in [3.63, 3.8) is 0 Å². The lowest BCUT2D eigenvalue weighted by molar-refractivity contribution is 0.102. The molecule has 0 spiro atoms. The van der Waals surface area contributed by atoms with E-state index in [0.29, 0.717) is 33.0 Å². The molecule has 0 radical (unpaired) electrons. The Balaban J connectivity index is 1.64. The van der Waals surface area contributed by atoms with Crippen molar-refractivity contribution in [2.45, 2.75) is 13.8 Å². The molecule has 1 N–H and O–H groups in total. The number of fused-ring (bicyclic) bond motifs is 1. The number of carbonyl (C=O) groups excluding carboxylic acids is 1. The SMILES string of the molecule is COc1ccc(-c2csc(NC(=O)c3cc(C)nc4c3c(C)nn4C)n2)cc1F. The van der Waals surface area contributed by atoms with Crippen LogP contribution in [0.4, 0.5) is 9.52 Å². The van der Waals surface area contributed by atoms with Gasteiger partial charge in [-0.1, -0.05) is 0 Å². The molecule has 0 atom stereocenters. The normalized spacial score (nSPS) is 11.1. The third-order valence-electron chi connectivity index (χ3n) is 4.51. The van der Waals surface area contributed by atoms with E-state index in [-0.39, 0.29) is 11.7 Å². The molecule has 0 fully saturated rings. The van der Waals surface area contributed by atoms with Crippen molar-refractivity contribution in [2.24, 2.45) is 7.05 Å². The summed E-state index contributed by atoms with van der Waals surface area (Å²) < 4.78 is 20.6. The summed E-state index contributed by atoms with van der Waals surface area (Å²) in [5, 5.41) is 10.1. The largest absolute Gasteiger partial charge is 0.494 e. The third kappa shape index (κ3) is 3.44. The molecule has 0 aliphatic carbocycles. The minimum Gasteiger partial charge on any atom is -0.494 e. The fourth-order valence-electron chi connectivity index (χ4n) is 3.20. The molecular weight excluding hydrogens is 393 g/mol. The zero-order chi connectivity index (χ0) is 20.7. The van der Waals surface area contributed by atoms with Gasteiger partial charge in [-0.15, -0.1) is 11.3 Å². The van der Waals surface area contributed by atoms with Crippen LogP contribution in [0.1, 0.15) is 21.7 Å². The Hall–Kier alpha value is -3.33. The number of carbonyl (C=O) groups is 1. The standard InChI is InChI=1S/C20H18FN5O2S/c1-10-7-13(17-11(2)25-26(3)18(17)22-10)19(27)24-20-23-15(9-29-20)12-5-6-16(28-4)14(21)8-12/h5-9H,1-4H3,(H,23,24,27). The van der Waals surface area contributed by atoms with Crippen molar-refractivity contribution < 1.29 is 13.9 Å². The number of thiazole rings is 1. The monoisotopic (exact) mass is 411 g/mol. The lowest BCUT2D eigenvalue weighted by Crippen LogP contribution is -2.13. The van der Waals surface area contributed by atoms with E-state index in [0.717, 1.165) is 11.4 Å². The molecule has 3 heterocycles. The number of amides is 1. The molecule has 0 saturated heterocycles. The molecule has 9 heteroatoms. The van der Waals surface area contributed by atoms with E-state index in [4.69, 9.17) is 4.74 Å². The number of ether oxygens (including phenoxy) is 1. The Morgan fingerprint density at radius 1 is 1.24 bits per heavy atom. The minimum absolute atomic E-state index is 0.168. The predicted octanol–water partition coefficient (Wildman–Crippen LogP) is 4.11. The molecule has 7 nitrogen and oxygen atoms in total. The number of nitrogens with zero attached hydrogens (tertiary/aromatic N) is 4. The summed E-state index contributed by atoms with van der Waals surface area (Å²) in [5.41, 5.74) is 3.77. The summed E-state index contributed by atoms with van der Waals surface area (Å²) in [5.74, 6) is -0.592. The second-order valence-corrected chi connectivity index (χ2v) is 7.42. The van der Waals surface area contributed by atoms with Gasteiger partial charge < -0.3 is 4.74 Å². The maximum Gasteiger partial charge on any atom is 0.258 e. The van der Waals surface area contributed by atoms with Crippen molar-refractivity contribution in [1.82, 2.24) is 19.7 Å². The number of pyridine rings is 1. The summed E-state index contributed by atoms with van der Waals surface area (Å²) in [6.07, 6.45) is 0. The first-order valence-corrected chi connectivity index (χ1v) is 9.67. The zero-order valence-corrected chi connectivity index (χ0v) is 17.1. The number of anilines is 1. The third-order valence-corrected chi connectivity index (χ3v) is 5.27. The van der Waals surface area contributed by atoms with Crippen LogP contribution in [0.25, 0.3) is 22.3 Å². The van der Waals surface area contributed by atoms with Crippen LogP contribution in [-0.2, 0) is 7.05 Å². The minimum atomic E-state index is -0.467. The highest BCUT2D eigenvalue weighted by Crippen LogP contribution is 2.29. The maximum absolute atomic E-state index is 14.0. The van der Waals surface area contributed by atoms with E-state index in [1.54, 1.807) is 35.3 Å². The van der Waals surface area contributed by atoms with Gasteiger partial charge in [0.2, 0.25) is 0 Å². The van der Waals surface area contributed by atoms with Crippen LogP contribution in [0.5, 0.6) is 5.75 Å². The average Bonchev–Trinajstić information content (AvgIpc) is 3.25. The second-order valence-electron chi connectivity index (χ2n) is 6.56. The summed E-state index contributed by atoms with van der Waals surface area (Å²) in [6.45, 7) is 3.67. The molecule has 148 valence electrons. The summed E-state index contributed by atoms with van der Waals surface area (Å²) in [4.78, 5) is 21.8. The molecule has 0 aliphatic heterocycles. The number of halogens is 1. The topological polar surface area (TPSA) is 81.9 Å². The van der Waals surface area contributed by atoms with Gasteiger partial charge in [-0.2, -0.15) is 5.10 Å². The van der Waals surface area contributed by atoms with Crippen LogP contribution in [0.3, 0.4) is 0 Å². The number of rotatable bonds is 4. The smallest absolute Gasteiger partial charge is 0.258 e. The van der Waals surface area contributed by atoms with Crippen molar-refractivity contribution in [3.8, 4) is 17.0 Å². The van der Waals surface area contributed by atoms with Crippen LogP contribution >= 0.6 is 11.3 Å². The van der Waals surface area contributed by atoms with E-state index in [2.05, 4.69) is 20.4 Å². The number of aromatic nitrogens is 4. The lowest BCUT2D eigenvalue weighted by atomic mass is 10.1. The van der Waals surface area contributed by atoms with Gasteiger partial charge in [-0.3, -0.25) is 14.8 Å². The van der Waals surface area contributed by atoms with Gasteiger partial charge in [0.25, 0.3) is 5.91 Å². The first kappa shape index (κ1) is 19.0. The fraction of sp³-hybridized carbons (Fsp3) is 0.200. The van der Waals surface area contributed by atoms with Crippen LogP contribution in [0, 0.1) is 19.7 Å². The van der Waals surface area contributed by atoms with Gasteiger partial charge in [0.1, 0.15) is 0 Å². The lowest BCUT2D eigenvalue weighted by Gasteiger charge is -2.06. The van der Waals surface area contributed by atoms with Crippen LogP contribution < -0.4 is 10.1 Å². The van der Waals surface area contributed by atoms with E-state index >= 15 is 0 Å². The van der Waals surface area contributed by atoms with E-state index < -0.39 is 5.82 Å². The Labute approximate surface area is 170 Å². The quantitative estimate of drug-likeness (QED) is 0.547. The predicted molar refractivity (Wildman–Crippen MR) is 110 cm³/mol. The van der Waals surface area contributed by atoms with E-state index in [1.807, 2.05) is 13.8 Å². The van der Waals surface area contributed by atoms with Gasteiger partial charge in [-0.05, 0) is 38.1 Å². The van der Waals surface area contributed by atoms with Gasteiger partial charge >= 0.3 is 0 Å². The molecule has 0 bridgehead atoms. The molecule has 4 aromatic rings. The highest BCUT2D eigenvalue weighted by molar-refractivity contribution is 7.14. The van der Waals surface area contributed by atoms with Crippen molar-refractivity contribution in [2.75, 3.05) is 12.4 Å². The van der Waals surface area contributed by atoms with Gasteiger partial charge in [0.05, 0.1) is 29.4 Å². The summed E-state index contributed by atoms with van der Waals surface area (Å²) >= 11 is 1.27. The fourth-order valence-corrected chi connectivity index (χ4v) is 3.92. The van der Waals surface area contributed by atoms with Crippen LogP contribution in [-0.4, -0.2) is 32.8 Å². The van der Waals surface area contributed by atoms with E-state index in [9.17, 15) is 9.18 Å². The van der Waals surface area contributed by atoms with Crippen molar-refractivity contribution >= 4 is 33.4 Å². The molecule has 1 amide bonds. The molecule has 3 aromatic heterocycles. The van der Waals surface area contributed by atoms with Crippen LogP contribution in [0.2, 0.25) is 0 Å². The van der Waals surface area contributed by atoms with Gasteiger partial charge in [0.15, 0.2) is 22.3 Å². The van der Waals surface area contributed by atoms with E-state index in [1.165, 1.54) is 24.5 Å². The maximum atomic E-state index is 14.0. The Bertz CT molecular complexity index is 1250. The van der Waals surface area contributed by atoms with Gasteiger partial charge in [0, 0.05) is 23.7 Å². The molecular formula is C20H18FN5O2S. The molecule has 4 rings (SSSR count). The molecule has 0 saturated carbocycles. The highest BCUT2D eigenvalue weighted by atomic mass is 32.1. The van der Waals surface area contributed by atoms with Gasteiger partial charge in [-0.25, -0.2) is 14.4 Å². The Morgan fingerprint density at radius 3 is 2.76 bits per heavy atom. The first-order valence-electron chi connectivity index (χ1n) is 8.79.